The molecule has 34 heavy (non-hydrogen) atoms. The van der Waals surface area contributed by atoms with Crippen LogP contribution in [0.2, 0.25) is 0 Å². The largest absolute Gasteiger partial charge is 0.573 e. The molecule has 0 fully saturated rings. The summed E-state index contributed by atoms with van der Waals surface area (Å²) in [5, 5.41) is 0.796. The van der Waals surface area contributed by atoms with Crippen molar-refractivity contribution >= 4 is 27.6 Å². The van der Waals surface area contributed by atoms with Crippen molar-refractivity contribution in [2.45, 2.75) is 38.4 Å². The Bertz CT molecular complexity index is 1250. The number of alkyl halides is 6. The van der Waals surface area contributed by atoms with Gasteiger partial charge in [0.2, 0.25) is 0 Å². The lowest BCUT2D eigenvalue weighted by Crippen LogP contribution is -2.17. The van der Waals surface area contributed by atoms with Crippen LogP contribution in [-0.2, 0) is 4.79 Å². The van der Waals surface area contributed by atoms with Crippen molar-refractivity contribution in [1.82, 2.24) is 9.97 Å². The number of aromatic amines is 2. The predicted octanol–water partition coefficient (Wildman–Crippen LogP) is 6.92. The molecule has 0 aliphatic heterocycles. The number of ketones is 1. The number of ether oxygens (including phenoxy) is 2. The van der Waals surface area contributed by atoms with Gasteiger partial charge in [0.25, 0.3) is 0 Å². The van der Waals surface area contributed by atoms with E-state index in [1.807, 2.05) is 0 Å². The zero-order valence-corrected chi connectivity index (χ0v) is 17.8. The standard InChI is InChI=1S/C23H18F6N2O3/c1-11(17-9-30-19-5-3-13(7-15(17)19)33-22(24,25)26)21(32)12(2)18-10-31-20-6-4-14(8-16(18)20)34-23(27,28)29/h3-12,30-31H,1-2H3. The molecule has 4 rings (SSSR count). The molecule has 0 spiro atoms. The van der Waals surface area contributed by atoms with Gasteiger partial charge >= 0.3 is 12.7 Å². The van der Waals surface area contributed by atoms with Crippen molar-refractivity contribution in [2.24, 2.45) is 0 Å². The van der Waals surface area contributed by atoms with Crippen LogP contribution in [0.5, 0.6) is 11.5 Å². The molecule has 4 aromatic rings. The highest BCUT2D eigenvalue weighted by molar-refractivity contribution is 5.99. The molecule has 2 atom stereocenters. The molecule has 0 bridgehead atoms. The minimum Gasteiger partial charge on any atom is -0.406 e. The van der Waals surface area contributed by atoms with Crippen LogP contribution in [0.25, 0.3) is 21.8 Å². The zero-order valence-electron chi connectivity index (χ0n) is 17.8. The van der Waals surface area contributed by atoms with Crippen LogP contribution in [0.4, 0.5) is 26.3 Å². The quantitative estimate of drug-likeness (QED) is 0.292. The van der Waals surface area contributed by atoms with Crippen LogP contribution < -0.4 is 9.47 Å². The number of Topliss-reactive ketones (excluding diaryl/α,β-unsaturated/α-hetero) is 1. The minimum absolute atomic E-state index is 0.272. The molecule has 5 nitrogen and oxygen atoms in total. The molecule has 2 unspecified atom stereocenters. The zero-order chi connectivity index (χ0) is 24.8. The van der Waals surface area contributed by atoms with Gasteiger partial charge in [0.05, 0.1) is 0 Å². The van der Waals surface area contributed by atoms with E-state index in [0.717, 1.165) is 12.1 Å². The fraction of sp³-hybridized carbons (Fsp3) is 0.261. The maximum absolute atomic E-state index is 13.3. The Morgan fingerprint density at radius 2 is 1.12 bits per heavy atom. The van der Waals surface area contributed by atoms with Gasteiger partial charge in [-0.15, -0.1) is 26.3 Å². The normalized spacial score (nSPS) is 14.4. The molecule has 0 radical (unpaired) electrons. The van der Waals surface area contributed by atoms with Gasteiger partial charge in [-0.3, -0.25) is 4.79 Å². The van der Waals surface area contributed by atoms with Gasteiger partial charge in [0.15, 0.2) is 0 Å². The summed E-state index contributed by atoms with van der Waals surface area (Å²) in [6.07, 6.45) is -6.63. The summed E-state index contributed by atoms with van der Waals surface area (Å²) in [5.41, 5.74) is 2.00. The summed E-state index contributed by atoms with van der Waals surface area (Å²) < 4.78 is 83.6. The van der Waals surface area contributed by atoms with Crippen molar-refractivity contribution in [3.63, 3.8) is 0 Å². The maximum atomic E-state index is 13.3. The molecular formula is C23H18F6N2O3. The van der Waals surface area contributed by atoms with Gasteiger partial charge in [-0.2, -0.15) is 0 Å². The van der Waals surface area contributed by atoms with E-state index in [0.29, 0.717) is 32.9 Å². The van der Waals surface area contributed by atoms with Gasteiger partial charge in [-0.05, 0) is 47.5 Å². The second-order valence-corrected chi connectivity index (χ2v) is 7.84. The summed E-state index contributed by atoms with van der Waals surface area (Å²) in [6.45, 7) is 3.23. The Kier molecular flexibility index (Phi) is 5.74. The van der Waals surface area contributed by atoms with Crippen molar-refractivity contribution in [1.29, 1.82) is 0 Å². The first-order valence-electron chi connectivity index (χ1n) is 10.1. The number of halogens is 6. The van der Waals surface area contributed by atoms with E-state index in [2.05, 4.69) is 19.4 Å². The van der Waals surface area contributed by atoms with Crippen LogP contribution >= 0.6 is 0 Å². The van der Waals surface area contributed by atoms with E-state index in [-0.39, 0.29) is 5.78 Å². The lowest BCUT2D eigenvalue weighted by molar-refractivity contribution is -0.275. The number of hydrogen-bond acceptors (Lipinski definition) is 3. The summed E-state index contributed by atoms with van der Waals surface area (Å²) in [7, 11) is 0. The monoisotopic (exact) mass is 484 g/mol. The second-order valence-electron chi connectivity index (χ2n) is 7.84. The summed E-state index contributed by atoms with van der Waals surface area (Å²) in [4.78, 5) is 19.2. The highest BCUT2D eigenvalue weighted by atomic mass is 19.4. The predicted molar refractivity (Wildman–Crippen MR) is 112 cm³/mol. The van der Waals surface area contributed by atoms with E-state index in [9.17, 15) is 31.1 Å². The van der Waals surface area contributed by atoms with E-state index in [1.54, 1.807) is 26.2 Å². The SMILES string of the molecule is CC(C(=O)C(C)c1c[nH]c2ccc(OC(F)(F)F)cc12)c1c[nH]c2ccc(OC(F)(F)F)cc12. The Balaban J connectivity index is 1.64. The number of carbonyl (C=O) groups is 1. The van der Waals surface area contributed by atoms with Crippen LogP contribution in [0, 0.1) is 0 Å². The highest BCUT2D eigenvalue weighted by Gasteiger charge is 2.33. The van der Waals surface area contributed by atoms with E-state index >= 15 is 0 Å². The van der Waals surface area contributed by atoms with Gasteiger partial charge < -0.3 is 19.4 Å². The molecule has 0 saturated carbocycles. The molecule has 2 heterocycles. The minimum atomic E-state index is -4.86. The second kappa shape index (κ2) is 8.30. The fourth-order valence-electron chi connectivity index (χ4n) is 4.03. The van der Waals surface area contributed by atoms with Crippen molar-refractivity contribution < 1.29 is 40.6 Å². The number of rotatable bonds is 6. The number of fused-ring (bicyclic) bond motifs is 2. The van der Waals surface area contributed by atoms with Crippen molar-refractivity contribution in [2.75, 3.05) is 0 Å². The molecule has 2 aromatic carbocycles. The number of carbonyl (C=O) groups excluding carboxylic acids is 1. The number of nitrogens with one attached hydrogen (secondary N) is 2. The lowest BCUT2D eigenvalue weighted by atomic mass is 9.85. The van der Waals surface area contributed by atoms with E-state index in [4.69, 9.17) is 0 Å². The average Bonchev–Trinajstić information content (AvgIpc) is 3.33. The third-order valence-electron chi connectivity index (χ3n) is 5.62. The molecule has 2 N–H and O–H groups in total. The smallest absolute Gasteiger partial charge is 0.406 e. The number of H-pyrrole nitrogens is 2. The van der Waals surface area contributed by atoms with Crippen LogP contribution in [-0.4, -0.2) is 28.5 Å². The van der Waals surface area contributed by atoms with Crippen molar-refractivity contribution in [3.8, 4) is 11.5 Å². The van der Waals surface area contributed by atoms with Gasteiger partial charge in [-0.1, -0.05) is 13.8 Å². The molecule has 11 heteroatoms. The van der Waals surface area contributed by atoms with Gasteiger partial charge in [-0.25, -0.2) is 0 Å². The number of benzene rings is 2. The third-order valence-corrected chi connectivity index (χ3v) is 5.62. The first kappa shape index (κ1) is 23.5. The molecule has 0 saturated heterocycles. The molecule has 180 valence electrons. The fourth-order valence-corrected chi connectivity index (χ4v) is 4.03. The Hall–Kier alpha value is -3.63. The summed E-state index contributed by atoms with van der Waals surface area (Å²) >= 11 is 0. The van der Waals surface area contributed by atoms with Crippen LogP contribution in [0.15, 0.2) is 48.8 Å². The molecule has 2 aromatic heterocycles. The third kappa shape index (κ3) is 4.82. The van der Waals surface area contributed by atoms with Gasteiger partial charge in [0, 0.05) is 46.0 Å². The average molecular weight is 484 g/mol. The highest BCUT2D eigenvalue weighted by Crippen LogP contribution is 2.36. The van der Waals surface area contributed by atoms with E-state index in [1.165, 1.54) is 24.3 Å². The molecular weight excluding hydrogens is 466 g/mol. The Morgan fingerprint density at radius 1 is 0.735 bits per heavy atom. The van der Waals surface area contributed by atoms with Gasteiger partial charge in [0.1, 0.15) is 17.3 Å². The summed E-state index contributed by atoms with van der Waals surface area (Å²) in [6, 6.07) is 7.57. The first-order valence-corrected chi connectivity index (χ1v) is 10.1. The summed E-state index contributed by atoms with van der Waals surface area (Å²) in [5.74, 6) is -2.57. The topological polar surface area (TPSA) is 67.1 Å². The number of hydrogen-bond donors (Lipinski definition) is 2. The molecule has 0 amide bonds. The van der Waals surface area contributed by atoms with Crippen LogP contribution in [0.3, 0.4) is 0 Å². The molecule has 0 aliphatic carbocycles. The first-order chi connectivity index (χ1) is 15.8. The maximum Gasteiger partial charge on any atom is 0.573 e. The lowest BCUT2D eigenvalue weighted by Gasteiger charge is -2.16. The Morgan fingerprint density at radius 3 is 1.47 bits per heavy atom. The Labute approximate surface area is 188 Å². The van der Waals surface area contributed by atoms with Crippen LogP contribution in [0.1, 0.15) is 36.8 Å². The number of aromatic nitrogens is 2. The molecule has 0 aliphatic rings. The van der Waals surface area contributed by atoms with Crippen molar-refractivity contribution in [3.05, 3.63) is 59.9 Å². The van der Waals surface area contributed by atoms with E-state index < -0.39 is 36.1 Å².